The van der Waals surface area contributed by atoms with Crippen molar-refractivity contribution in [3.05, 3.63) is 0 Å². The standard InChI is InChI=1S/C11H22N2O2/c1-8(2)6-10(12)11(14)13-5-4-9(7-13)15-3/h8-10H,4-7,12H2,1-3H3/t9?,10-/m1/s1. The molecule has 1 heterocycles. The van der Waals surface area contributed by atoms with E-state index in [1.165, 1.54) is 0 Å². The maximum atomic E-state index is 11.9. The van der Waals surface area contributed by atoms with Crippen molar-refractivity contribution in [3.8, 4) is 0 Å². The summed E-state index contributed by atoms with van der Waals surface area (Å²) in [6, 6.07) is -0.347. The molecule has 1 amide bonds. The first-order valence-electron chi connectivity index (χ1n) is 5.61. The third kappa shape index (κ3) is 3.47. The van der Waals surface area contributed by atoms with Gasteiger partial charge in [-0.3, -0.25) is 4.79 Å². The SMILES string of the molecule is COC1CCN(C(=O)[C@H](N)CC(C)C)C1. The Balaban J connectivity index is 2.40. The van der Waals surface area contributed by atoms with Crippen molar-refractivity contribution in [1.29, 1.82) is 0 Å². The Labute approximate surface area is 91.8 Å². The largest absolute Gasteiger partial charge is 0.380 e. The number of hydrogen-bond acceptors (Lipinski definition) is 3. The highest BCUT2D eigenvalue weighted by atomic mass is 16.5. The molecule has 1 saturated heterocycles. The maximum absolute atomic E-state index is 11.9. The van der Waals surface area contributed by atoms with E-state index in [9.17, 15) is 4.79 Å². The summed E-state index contributed by atoms with van der Waals surface area (Å²) >= 11 is 0. The Morgan fingerprint density at radius 1 is 1.60 bits per heavy atom. The molecule has 0 bridgehead atoms. The topological polar surface area (TPSA) is 55.6 Å². The van der Waals surface area contributed by atoms with E-state index >= 15 is 0 Å². The molecule has 0 aromatic carbocycles. The van der Waals surface area contributed by atoms with E-state index in [-0.39, 0.29) is 18.1 Å². The number of rotatable bonds is 4. The minimum absolute atomic E-state index is 0.0725. The van der Waals surface area contributed by atoms with E-state index in [1.54, 1.807) is 7.11 Å². The quantitative estimate of drug-likeness (QED) is 0.746. The molecule has 0 aromatic heterocycles. The summed E-state index contributed by atoms with van der Waals surface area (Å²) in [7, 11) is 1.69. The monoisotopic (exact) mass is 214 g/mol. The molecular weight excluding hydrogens is 192 g/mol. The zero-order chi connectivity index (χ0) is 11.4. The average Bonchev–Trinajstić information content (AvgIpc) is 2.63. The molecule has 88 valence electrons. The lowest BCUT2D eigenvalue weighted by atomic mass is 10.0. The smallest absolute Gasteiger partial charge is 0.239 e. The molecule has 1 fully saturated rings. The molecule has 0 aromatic rings. The Morgan fingerprint density at radius 3 is 2.73 bits per heavy atom. The van der Waals surface area contributed by atoms with Gasteiger partial charge in [0.2, 0.25) is 5.91 Å². The van der Waals surface area contributed by atoms with E-state index in [1.807, 2.05) is 4.90 Å². The molecule has 1 unspecified atom stereocenters. The summed E-state index contributed by atoms with van der Waals surface area (Å²) in [4.78, 5) is 13.7. The van der Waals surface area contributed by atoms with Crippen LogP contribution in [0, 0.1) is 5.92 Å². The number of amides is 1. The summed E-state index contributed by atoms with van der Waals surface area (Å²) in [6.07, 6.45) is 1.88. The fourth-order valence-electron chi connectivity index (χ4n) is 1.96. The van der Waals surface area contributed by atoms with Crippen LogP contribution in [0.1, 0.15) is 26.7 Å². The third-order valence-corrected chi connectivity index (χ3v) is 2.83. The van der Waals surface area contributed by atoms with E-state index in [4.69, 9.17) is 10.5 Å². The summed E-state index contributed by atoms with van der Waals surface area (Å²) in [5.41, 5.74) is 5.85. The zero-order valence-corrected chi connectivity index (χ0v) is 9.90. The highest BCUT2D eigenvalue weighted by Crippen LogP contribution is 2.14. The molecule has 0 aliphatic carbocycles. The van der Waals surface area contributed by atoms with E-state index < -0.39 is 0 Å². The molecule has 0 saturated carbocycles. The molecule has 4 heteroatoms. The first kappa shape index (κ1) is 12.5. The molecule has 15 heavy (non-hydrogen) atoms. The summed E-state index contributed by atoms with van der Waals surface area (Å²) < 4.78 is 5.22. The van der Waals surface area contributed by atoms with E-state index in [2.05, 4.69) is 13.8 Å². The number of likely N-dealkylation sites (tertiary alicyclic amines) is 1. The van der Waals surface area contributed by atoms with Crippen molar-refractivity contribution in [2.75, 3.05) is 20.2 Å². The van der Waals surface area contributed by atoms with Crippen LogP contribution < -0.4 is 5.73 Å². The second kappa shape index (κ2) is 5.47. The number of nitrogens with two attached hydrogens (primary N) is 1. The number of hydrogen-bond donors (Lipinski definition) is 1. The van der Waals surface area contributed by atoms with Crippen molar-refractivity contribution >= 4 is 5.91 Å². The average molecular weight is 214 g/mol. The highest BCUT2D eigenvalue weighted by Gasteiger charge is 2.29. The third-order valence-electron chi connectivity index (χ3n) is 2.83. The summed E-state index contributed by atoms with van der Waals surface area (Å²) in [5.74, 6) is 0.535. The van der Waals surface area contributed by atoms with Gasteiger partial charge in [0.15, 0.2) is 0 Å². The molecule has 0 radical (unpaired) electrons. The van der Waals surface area contributed by atoms with Gasteiger partial charge in [-0.05, 0) is 18.8 Å². The highest BCUT2D eigenvalue weighted by molar-refractivity contribution is 5.81. The number of carbonyl (C=O) groups excluding carboxylic acids is 1. The van der Waals surface area contributed by atoms with Gasteiger partial charge in [0, 0.05) is 20.2 Å². The van der Waals surface area contributed by atoms with Gasteiger partial charge in [0.25, 0.3) is 0 Å². The normalized spacial score (nSPS) is 23.5. The van der Waals surface area contributed by atoms with E-state index in [0.717, 1.165) is 19.4 Å². The Morgan fingerprint density at radius 2 is 2.27 bits per heavy atom. The van der Waals surface area contributed by atoms with Crippen LogP contribution in [0.4, 0.5) is 0 Å². The first-order valence-corrected chi connectivity index (χ1v) is 5.61. The van der Waals surface area contributed by atoms with Gasteiger partial charge in [-0.15, -0.1) is 0 Å². The first-order chi connectivity index (χ1) is 7.04. The Hall–Kier alpha value is -0.610. The van der Waals surface area contributed by atoms with Gasteiger partial charge < -0.3 is 15.4 Å². The maximum Gasteiger partial charge on any atom is 0.239 e. The molecule has 1 aliphatic heterocycles. The molecular formula is C11H22N2O2. The van der Waals surface area contributed by atoms with Gasteiger partial charge >= 0.3 is 0 Å². The minimum Gasteiger partial charge on any atom is -0.380 e. The van der Waals surface area contributed by atoms with Gasteiger partial charge in [0.05, 0.1) is 12.1 Å². The van der Waals surface area contributed by atoms with Crippen LogP contribution in [-0.4, -0.2) is 43.2 Å². The van der Waals surface area contributed by atoms with E-state index in [0.29, 0.717) is 12.5 Å². The summed E-state index contributed by atoms with van der Waals surface area (Å²) in [5, 5.41) is 0. The fourth-order valence-corrected chi connectivity index (χ4v) is 1.96. The minimum atomic E-state index is -0.347. The lowest BCUT2D eigenvalue weighted by Gasteiger charge is -2.21. The Bertz CT molecular complexity index is 219. The molecule has 1 rings (SSSR count). The molecule has 1 aliphatic rings. The van der Waals surface area contributed by atoms with Gasteiger partial charge in [-0.25, -0.2) is 0 Å². The number of ether oxygens (including phenoxy) is 1. The number of nitrogens with zero attached hydrogens (tertiary/aromatic N) is 1. The second-order valence-corrected chi connectivity index (χ2v) is 4.67. The van der Waals surface area contributed by atoms with Crippen LogP contribution in [0.5, 0.6) is 0 Å². The predicted octanol–water partition coefficient (Wildman–Crippen LogP) is 0.607. The van der Waals surface area contributed by atoms with Gasteiger partial charge in [-0.1, -0.05) is 13.8 Å². The zero-order valence-electron chi connectivity index (χ0n) is 9.90. The van der Waals surface area contributed by atoms with Crippen molar-refractivity contribution in [1.82, 2.24) is 4.90 Å². The number of carbonyl (C=O) groups is 1. The number of methoxy groups -OCH3 is 1. The van der Waals surface area contributed by atoms with Crippen LogP contribution in [0.15, 0.2) is 0 Å². The molecule has 2 N–H and O–H groups in total. The van der Waals surface area contributed by atoms with Gasteiger partial charge in [-0.2, -0.15) is 0 Å². The Kier molecular flexibility index (Phi) is 4.54. The van der Waals surface area contributed by atoms with Crippen LogP contribution in [0.25, 0.3) is 0 Å². The van der Waals surface area contributed by atoms with Crippen LogP contribution >= 0.6 is 0 Å². The second-order valence-electron chi connectivity index (χ2n) is 4.67. The van der Waals surface area contributed by atoms with Gasteiger partial charge in [0.1, 0.15) is 0 Å². The predicted molar refractivity (Wildman–Crippen MR) is 59.4 cm³/mol. The lowest BCUT2D eigenvalue weighted by molar-refractivity contribution is -0.132. The fraction of sp³-hybridized carbons (Fsp3) is 0.909. The molecule has 2 atom stereocenters. The van der Waals surface area contributed by atoms with Crippen molar-refractivity contribution in [3.63, 3.8) is 0 Å². The molecule has 0 spiro atoms. The molecule has 4 nitrogen and oxygen atoms in total. The van der Waals surface area contributed by atoms with Crippen molar-refractivity contribution < 1.29 is 9.53 Å². The summed E-state index contributed by atoms with van der Waals surface area (Å²) in [6.45, 7) is 5.63. The van der Waals surface area contributed by atoms with Crippen LogP contribution in [-0.2, 0) is 9.53 Å². The van der Waals surface area contributed by atoms with Crippen molar-refractivity contribution in [2.24, 2.45) is 11.7 Å². The van der Waals surface area contributed by atoms with Crippen LogP contribution in [0.3, 0.4) is 0 Å². The van der Waals surface area contributed by atoms with Crippen LogP contribution in [0.2, 0.25) is 0 Å². The lowest BCUT2D eigenvalue weighted by Crippen LogP contribution is -2.43. The van der Waals surface area contributed by atoms with Crippen molar-refractivity contribution in [2.45, 2.75) is 38.8 Å².